The van der Waals surface area contributed by atoms with Crippen LogP contribution in [0.4, 0.5) is 5.69 Å². The average Bonchev–Trinajstić information content (AvgIpc) is 2.41. The number of aromatic nitrogens is 2. The molecule has 0 aliphatic carbocycles. The molecule has 0 amide bonds. The Morgan fingerprint density at radius 3 is 2.81 bits per heavy atom. The predicted octanol–water partition coefficient (Wildman–Crippen LogP) is 1.44. The molecule has 0 saturated heterocycles. The number of aliphatic carboxylic acids is 1. The highest BCUT2D eigenvalue weighted by Gasteiger charge is 2.28. The molecule has 0 saturated carbocycles. The van der Waals surface area contributed by atoms with Gasteiger partial charge < -0.3 is 15.4 Å². The molecule has 110 valence electrons. The number of H-pyrrole nitrogens is 1. The molecule has 2 aromatic rings. The van der Waals surface area contributed by atoms with E-state index in [1.54, 1.807) is 0 Å². The molecular weight excluding hydrogens is 321 g/mol. The molecule has 0 spiro atoms. The number of benzene rings is 1. The molecule has 1 unspecified atom stereocenters. The van der Waals surface area contributed by atoms with Gasteiger partial charge in [0.1, 0.15) is 0 Å². The summed E-state index contributed by atoms with van der Waals surface area (Å²) in [5.41, 5.74) is -0.550. The highest BCUT2D eigenvalue weighted by Crippen LogP contribution is 2.39. The first-order valence-electron chi connectivity index (χ1n) is 6.02. The number of nitrogens with zero attached hydrogens (tertiary/aromatic N) is 1. The van der Waals surface area contributed by atoms with Crippen LogP contribution in [-0.4, -0.2) is 27.2 Å². The highest BCUT2D eigenvalue weighted by molar-refractivity contribution is 6.45. The lowest BCUT2D eigenvalue weighted by Crippen LogP contribution is -2.42. The third-order valence-corrected chi connectivity index (χ3v) is 4.17. The van der Waals surface area contributed by atoms with Crippen molar-refractivity contribution in [1.29, 1.82) is 0 Å². The Kier molecular flexibility index (Phi) is 3.18. The molecular formula is C12H9Cl2N3O4. The summed E-state index contributed by atoms with van der Waals surface area (Å²) in [7, 11) is 0. The molecule has 1 aromatic carbocycles. The number of anilines is 1. The summed E-state index contributed by atoms with van der Waals surface area (Å²) >= 11 is 12.1. The molecule has 0 fully saturated rings. The maximum atomic E-state index is 12.1. The summed E-state index contributed by atoms with van der Waals surface area (Å²) in [6.45, 7) is 0.165. The van der Waals surface area contributed by atoms with Crippen molar-refractivity contribution in [1.82, 2.24) is 9.55 Å². The Morgan fingerprint density at radius 1 is 1.43 bits per heavy atom. The van der Waals surface area contributed by atoms with E-state index in [1.807, 2.05) is 0 Å². The molecule has 3 rings (SSSR count). The second kappa shape index (κ2) is 4.78. The van der Waals surface area contributed by atoms with Crippen molar-refractivity contribution < 1.29 is 9.90 Å². The van der Waals surface area contributed by atoms with E-state index in [0.717, 1.165) is 0 Å². The monoisotopic (exact) mass is 329 g/mol. The van der Waals surface area contributed by atoms with Gasteiger partial charge in [-0.1, -0.05) is 23.2 Å². The number of carboxylic acid groups (broad SMARTS) is 1. The number of carboxylic acids is 1. The van der Waals surface area contributed by atoms with Crippen LogP contribution < -0.4 is 16.4 Å². The number of carbonyl (C=O) groups is 1. The molecule has 1 aliphatic rings. The number of hydrogen-bond donors (Lipinski definition) is 3. The van der Waals surface area contributed by atoms with Gasteiger partial charge in [0, 0.05) is 6.54 Å². The van der Waals surface area contributed by atoms with E-state index in [-0.39, 0.29) is 23.0 Å². The van der Waals surface area contributed by atoms with Gasteiger partial charge in [-0.2, -0.15) is 0 Å². The van der Waals surface area contributed by atoms with Crippen LogP contribution in [0.2, 0.25) is 10.0 Å². The lowest BCUT2D eigenvalue weighted by atomic mass is 10.1. The van der Waals surface area contributed by atoms with Gasteiger partial charge in [-0.05, 0) is 6.07 Å². The molecule has 7 nitrogen and oxygen atoms in total. The van der Waals surface area contributed by atoms with Crippen molar-refractivity contribution in [3.05, 3.63) is 36.8 Å². The smallest absolute Gasteiger partial charge is 0.317 e. The van der Waals surface area contributed by atoms with E-state index in [1.165, 1.54) is 10.6 Å². The van der Waals surface area contributed by atoms with Gasteiger partial charge in [0.25, 0.3) is 0 Å². The first-order chi connectivity index (χ1) is 9.90. The van der Waals surface area contributed by atoms with Crippen LogP contribution >= 0.6 is 23.2 Å². The maximum Gasteiger partial charge on any atom is 0.317 e. The zero-order valence-electron chi connectivity index (χ0n) is 10.4. The molecule has 0 bridgehead atoms. The van der Waals surface area contributed by atoms with Crippen molar-refractivity contribution in [2.24, 2.45) is 0 Å². The lowest BCUT2D eigenvalue weighted by molar-refractivity contribution is -0.137. The number of halogens is 2. The Bertz CT molecular complexity index is 887. The highest BCUT2D eigenvalue weighted by atomic mass is 35.5. The maximum absolute atomic E-state index is 12.1. The van der Waals surface area contributed by atoms with Crippen molar-refractivity contribution in [3.63, 3.8) is 0 Å². The number of nitrogens with one attached hydrogen (secondary N) is 2. The van der Waals surface area contributed by atoms with E-state index in [4.69, 9.17) is 28.3 Å². The minimum Gasteiger partial charge on any atom is -0.481 e. The van der Waals surface area contributed by atoms with Gasteiger partial charge >= 0.3 is 17.1 Å². The topological polar surface area (TPSA) is 104 Å². The molecule has 1 aliphatic heterocycles. The van der Waals surface area contributed by atoms with Crippen molar-refractivity contribution in [2.75, 3.05) is 11.9 Å². The molecule has 1 aromatic heterocycles. The molecule has 0 radical (unpaired) electrons. The Morgan fingerprint density at radius 2 is 2.14 bits per heavy atom. The zero-order chi connectivity index (χ0) is 15.3. The average molecular weight is 330 g/mol. The van der Waals surface area contributed by atoms with Gasteiger partial charge in [-0.3, -0.25) is 19.0 Å². The standard InChI is InChI=1S/C12H9Cl2N3O4/c13-5-2-6-10-9(8(5)14)15-3-4(1-7(18)19)17(10)12(21)11(20)16-6/h2,4,15H,1,3H2,(H,16,20)(H,18,19). The quantitative estimate of drug-likeness (QED) is 0.723. The van der Waals surface area contributed by atoms with E-state index in [0.29, 0.717) is 16.7 Å². The van der Waals surface area contributed by atoms with E-state index in [9.17, 15) is 14.4 Å². The zero-order valence-corrected chi connectivity index (χ0v) is 12.0. The molecule has 2 heterocycles. The van der Waals surface area contributed by atoms with Crippen molar-refractivity contribution in [2.45, 2.75) is 12.5 Å². The van der Waals surface area contributed by atoms with Crippen LogP contribution in [0.3, 0.4) is 0 Å². The van der Waals surface area contributed by atoms with Gasteiger partial charge in [-0.15, -0.1) is 0 Å². The van der Waals surface area contributed by atoms with Gasteiger partial charge in [0.05, 0.1) is 39.2 Å². The first kappa shape index (κ1) is 14.0. The third kappa shape index (κ3) is 2.09. The van der Waals surface area contributed by atoms with Crippen LogP contribution in [0.25, 0.3) is 11.0 Å². The largest absolute Gasteiger partial charge is 0.481 e. The number of aromatic amines is 1. The summed E-state index contributed by atoms with van der Waals surface area (Å²) in [6.07, 6.45) is -0.287. The fourth-order valence-electron chi connectivity index (χ4n) is 2.53. The predicted molar refractivity (Wildman–Crippen MR) is 78.6 cm³/mol. The number of rotatable bonds is 2. The van der Waals surface area contributed by atoms with Crippen LogP contribution in [-0.2, 0) is 4.79 Å². The van der Waals surface area contributed by atoms with E-state index in [2.05, 4.69) is 10.3 Å². The lowest BCUT2D eigenvalue weighted by Gasteiger charge is -2.28. The Balaban J connectivity index is 2.44. The molecule has 1 atom stereocenters. The molecule has 21 heavy (non-hydrogen) atoms. The van der Waals surface area contributed by atoms with Crippen LogP contribution in [0.15, 0.2) is 15.7 Å². The van der Waals surface area contributed by atoms with E-state index >= 15 is 0 Å². The van der Waals surface area contributed by atoms with E-state index < -0.39 is 23.1 Å². The summed E-state index contributed by atoms with van der Waals surface area (Å²) in [6, 6.07) is 0.759. The van der Waals surface area contributed by atoms with Crippen LogP contribution in [0.5, 0.6) is 0 Å². The fraction of sp³-hybridized carbons (Fsp3) is 0.250. The summed E-state index contributed by atoms with van der Waals surface area (Å²) in [5, 5.41) is 12.4. The Hall–Kier alpha value is -1.99. The summed E-state index contributed by atoms with van der Waals surface area (Å²) in [5.74, 6) is -1.06. The number of hydrogen-bond acceptors (Lipinski definition) is 4. The fourth-order valence-corrected chi connectivity index (χ4v) is 2.95. The normalized spacial score (nSPS) is 16.8. The summed E-state index contributed by atoms with van der Waals surface area (Å²) < 4.78 is 1.18. The SMILES string of the molecule is O=C(O)CC1CNc2c(Cl)c(Cl)cc3[nH]c(=O)c(=O)n1c23. The van der Waals surface area contributed by atoms with Crippen molar-refractivity contribution >= 4 is 45.9 Å². The summed E-state index contributed by atoms with van der Waals surface area (Å²) in [4.78, 5) is 37.2. The minimum absolute atomic E-state index is 0.165. The third-order valence-electron chi connectivity index (χ3n) is 3.38. The van der Waals surface area contributed by atoms with Gasteiger partial charge in [-0.25, -0.2) is 0 Å². The first-order valence-corrected chi connectivity index (χ1v) is 6.78. The van der Waals surface area contributed by atoms with Gasteiger partial charge in [0.15, 0.2) is 0 Å². The second-order valence-electron chi connectivity index (χ2n) is 4.71. The van der Waals surface area contributed by atoms with Crippen molar-refractivity contribution in [3.8, 4) is 0 Å². The Labute approximate surface area is 127 Å². The van der Waals surface area contributed by atoms with Crippen LogP contribution in [0, 0.1) is 0 Å². The second-order valence-corrected chi connectivity index (χ2v) is 5.49. The molecule has 3 N–H and O–H groups in total. The molecule has 9 heteroatoms. The van der Waals surface area contributed by atoms with Gasteiger partial charge in [0.2, 0.25) is 0 Å². The van der Waals surface area contributed by atoms with Crippen LogP contribution in [0.1, 0.15) is 12.5 Å². The minimum atomic E-state index is -1.06.